The van der Waals surface area contributed by atoms with Crippen LogP contribution in [0.3, 0.4) is 0 Å². The molecule has 2 aliphatic rings. The number of carbonyl (C=O) groups excluding carboxylic acids is 3. The fourth-order valence-electron chi connectivity index (χ4n) is 4.74. The number of hydrogen-bond acceptors (Lipinski definition) is 7. The Labute approximate surface area is 179 Å². The molecule has 0 aromatic heterocycles. The molecule has 2 N–H and O–H groups in total. The topological polar surface area (TPSA) is 105 Å². The molecule has 2 fully saturated rings. The van der Waals surface area contributed by atoms with E-state index < -0.39 is 35.3 Å². The summed E-state index contributed by atoms with van der Waals surface area (Å²) < 4.78 is 10.6. The van der Waals surface area contributed by atoms with E-state index in [2.05, 4.69) is 5.32 Å². The first-order valence-corrected chi connectivity index (χ1v) is 10.1. The normalized spacial score (nSPS) is 27.3. The number of phenols is 1. The molecule has 0 saturated carbocycles. The maximum absolute atomic E-state index is 13.4. The molecule has 2 heterocycles. The van der Waals surface area contributed by atoms with Gasteiger partial charge >= 0.3 is 5.97 Å². The summed E-state index contributed by atoms with van der Waals surface area (Å²) in [6.07, 6.45) is 0. The molecule has 0 aliphatic carbocycles. The Bertz CT molecular complexity index is 1040. The van der Waals surface area contributed by atoms with Gasteiger partial charge in [0.2, 0.25) is 11.8 Å². The van der Waals surface area contributed by atoms with Crippen LogP contribution in [0.15, 0.2) is 48.5 Å². The summed E-state index contributed by atoms with van der Waals surface area (Å²) in [7, 11) is 2.85. The van der Waals surface area contributed by atoms with Crippen LogP contribution in [-0.2, 0) is 24.7 Å². The molecule has 4 atom stereocenters. The van der Waals surface area contributed by atoms with Crippen LogP contribution < -0.4 is 10.1 Å². The molecule has 2 aromatic carbocycles. The lowest BCUT2D eigenvalue weighted by atomic mass is 9.75. The number of benzene rings is 2. The second-order valence-electron chi connectivity index (χ2n) is 7.69. The van der Waals surface area contributed by atoms with E-state index in [4.69, 9.17) is 9.47 Å². The van der Waals surface area contributed by atoms with E-state index in [0.29, 0.717) is 11.1 Å². The summed E-state index contributed by atoms with van der Waals surface area (Å²) >= 11 is 0. The standard InChI is InChI=1S/C23H24N2O6/c1-4-31-22(29)23(14-8-6-5-7-9-14)18-17(20(27)25(2)21(18)28)19(24-23)13-10-11-15(26)16(12-13)30-3/h5-12,17-19,24,26H,4H2,1-3H3/t17-,18+,19+,23+/m0/s1. The highest BCUT2D eigenvalue weighted by Gasteiger charge is 2.69. The predicted octanol–water partition coefficient (Wildman–Crippen LogP) is 1.73. The summed E-state index contributed by atoms with van der Waals surface area (Å²) in [6.45, 7) is 1.82. The first-order valence-electron chi connectivity index (χ1n) is 10.1. The van der Waals surface area contributed by atoms with Gasteiger partial charge in [0.05, 0.1) is 25.6 Å². The number of rotatable bonds is 5. The molecule has 2 aliphatic heterocycles. The molecule has 8 heteroatoms. The van der Waals surface area contributed by atoms with Gasteiger partial charge in [-0.25, -0.2) is 4.79 Å². The molecular weight excluding hydrogens is 400 g/mol. The van der Waals surface area contributed by atoms with Gasteiger partial charge in [-0.1, -0.05) is 36.4 Å². The zero-order valence-electron chi connectivity index (χ0n) is 17.5. The monoisotopic (exact) mass is 424 g/mol. The number of likely N-dealkylation sites (tertiary alicyclic amines) is 1. The van der Waals surface area contributed by atoms with Crippen molar-refractivity contribution in [3.63, 3.8) is 0 Å². The number of aromatic hydroxyl groups is 1. The molecule has 2 amide bonds. The summed E-state index contributed by atoms with van der Waals surface area (Å²) in [5.74, 6) is -3.04. The number of nitrogens with one attached hydrogen (secondary N) is 1. The Balaban J connectivity index is 1.93. The first kappa shape index (κ1) is 20.9. The molecule has 0 radical (unpaired) electrons. The van der Waals surface area contributed by atoms with Crippen LogP contribution in [0.5, 0.6) is 11.5 Å². The second-order valence-corrected chi connectivity index (χ2v) is 7.69. The number of methoxy groups -OCH3 is 1. The Morgan fingerprint density at radius 2 is 1.87 bits per heavy atom. The van der Waals surface area contributed by atoms with Gasteiger partial charge in [-0.05, 0) is 30.2 Å². The number of phenolic OH excluding ortho intramolecular Hbond substituents is 1. The zero-order valence-corrected chi connectivity index (χ0v) is 17.5. The van der Waals surface area contributed by atoms with Crippen LogP contribution in [0.2, 0.25) is 0 Å². The van der Waals surface area contributed by atoms with Crippen molar-refractivity contribution in [2.24, 2.45) is 11.8 Å². The number of esters is 1. The lowest BCUT2D eigenvalue weighted by molar-refractivity contribution is -0.156. The van der Waals surface area contributed by atoms with Gasteiger partial charge in [0.15, 0.2) is 17.0 Å². The van der Waals surface area contributed by atoms with E-state index >= 15 is 0 Å². The highest BCUT2D eigenvalue weighted by molar-refractivity contribution is 6.09. The van der Waals surface area contributed by atoms with Crippen LogP contribution >= 0.6 is 0 Å². The fraction of sp³-hybridized carbons (Fsp3) is 0.348. The molecule has 31 heavy (non-hydrogen) atoms. The maximum Gasteiger partial charge on any atom is 0.331 e. The average molecular weight is 424 g/mol. The Morgan fingerprint density at radius 1 is 1.16 bits per heavy atom. The van der Waals surface area contributed by atoms with Crippen molar-refractivity contribution in [2.75, 3.05) is 20.8 Å². The zero-order chi connectivity index (χ0) is 22.3. The molecule has 2 saturated heterocycles. The highest BCUT2D eigenvalue weighted by Crippen LogP contribution is 2.53. The third-order valence-electron chi connectivity index (χ3n) is 6.17. The quantitative estimate of drug-likeness (QED) is 0.556. The van der Waals surface area contributed by atoms with Crippen molar-refractivity contribution in [3.05, 3.63) is 59.7 Å². The van der Waals surface area contributed by atoms with Gasteiger partial charge in [-0.15, -0.1) is 0 Å². The van der Waals surface area contributed by atoms with Gasteiger partial charge in [0, 0.05) is 13.1 Å². The summed E-state index contributed by atoms with van der Waals surface area (Å²) in [6, 6.07) is 12.9. The minimum absolute atomic E-state index is 0.0496. The summed E-state index contributed by atoms with van der Waals surface area (Å²) in [5.41, 5.74) is -0.369. The van der Waals surface area contributed by atoms with Crippen LogP contribution in [-0.4, -0.2) is 48.6 Å². The molecule has 0 unspecified atom stereocenters. The van der Waals surface area contributed by atoms with Crippen LogP contribution in [0, 0.1) is 11.8 Å². The van der Waals surface area contributed by atoms with Gasteiger partial charge in [0.25, 0.3) is 0 Å². The van der Waals surface area contributed by atoms with Crippen molar-refractivity contribution in [2.45, 2.75) is 18.5 Å². The highest BCUT2D eigenvalue weighted by atomic mass is 16.5. The SMILES string of the molecule is CCOC(=O)[C@]1(c2ccccc2)N[C@H](c2ccc(O)c(OC)c2)[C@H]2C(=O)N(C)C(=O)[C@@H]21. The number of ether oxygens (including phenoxy) is 2. The second kappa shape index (κ2) is 7.70. The Morgan fingerprint density at radius 3 is 2.52 bits per heavy atom. The lowest BCUT2D eigenvalue weighted by Gasteiger charge is -2.33. The molecule has 0 bridgehead atoms. The molecular formula is C23H24N2O6. The number of hydrogen-bond donors (Lipinski definition) is 2. The first-order chi connectivity index (χ1) is 14.9. The van der Waals surface area contributed by atoms with Crippen LogP contribution in [0.1, 0.15) is 24.1 Å². The Hall–Kier alpha value is -3.39. The summed E-state index contributed by atoms with van der Waals surface area (Å²) in [5, 5.41) is 13.3. The van der Waals surface area contributed by atoms with E-state index in [1.807, 2.05) is 6.07 Å². The number of amides is 2. The molecule has 2 aromatic rings. The van der Waals surface area contributed by atoms with Gasteiger partial charge in [0.1, 0.15) is 0 Å². The third-order valence-corrected chi connectivity index (χ3v) is 6.17. The predicted molar refractivity (Wildman–Crippen MR) is 110 cm³/mol. The number of fused-ring (bicyclic) bond motifs is 1. The van der Waals surface area contributed by atoms with E-state index in [9.17, 15) is 19.5 Å². The van der Waals surface area contributed by atoms with E-state index in [0.717, 1.165) is 4.90 Å². The van der Waals surface area contributed by atoms with Crippen molar-refractivity contribution >= 4 is 17.8 Å². The van der Waals surface area contributed by atoms with Gasteiger partial charge < -0.3 is 14.6 Å². The number of imide groups is 1. The molecule has 4 rings (SSSR count). The van der Waals surface area contributed by atoms with Gasteiger partial charge in [-0.2, -0.15) is 0 Å². The third kappa shape index (κ3) is 2.97. The molecule has 8 nitrogen and oxygen atoms in total. The van der Waals surface area contributed by atoms with E-state index in [1.54, 1.807) is 43.3 Å². The fourth-order valence-corrected chi connectivity index (χ4v) is 4.74. The summed E-state index contributed by atoms with van der Waals surface area (Å²) in [4.78, 5) is 40.8. The molecule has 0 spiro atoms. The number of nitrogens with zero attached hydrogens (tertiary/aromatic N) is 1. The maximum atomic E-state index is 13.4. The minimum Gasteiger partial charge on any atom is -0.504 e. The van der Waals surface area contributed by atoms with Crippen molar-refractivity contribution < 1.29 is 29.0 Å². The van der Waals surface area contributed by atoms with Crippen molar-refractivity contribution in [1.82, 2.24) is 10.2 Å². The van der Waals surface area contributed by atoms with E-state index in [-0.39, 0.29) is 24.0 Å². The smallest absolute Gasteiger partial charge is 0.331 e. The minimum atomic E-state index is -1.53. The Kier molecular flexibility index (Phi) is 5.18. The number of carbonyl (C=O) groups is 3. The van der Waals surface area contributed by atoms with Crippen LogP contribution in [0.4, 0.5) is 0 Å². The largest absolute Gasteiger partial charge is 0.504 e. The van der Waals surface area contributed by atoms with Crippen LogP contribution in [0.25, 0.3) is 0 Å². The van der Waals surface area contributed by atoms with Gasteiger partial charge in [-0.3, -0.25) is 19.8 Å². The molecule has 162 valence electrons. The van der Waals surface area contributed by atoms with Crippen molar-refractivity contribution in [3.8, 4) is 11.5 Å². The average Bonchev–Trinajstić information content (AvgIpc) is 3.25. The van der Waals surface area contributed by atoms with Crippen molar-refractivity contribution in [1.29, 1.82) is 0 Å². The lowest BCUT2D eigenvalue weighted by Crippen LogP contribution is -2.53. The van der Waals surface area contributed by atoms with E-state index in [1.165, 1.54) is 20.2 Å².